The number of unbranched alkanes of at least 4 members (excludes halogenated alkanes) is 1. The van der Waals surface area contributed by atoms with Gasteiger partial charge in [-0.3, -0.25) is 4.79 Å². The molecule has 0 aliphatic heterocycles. The molecule has 4 unspecified atom stereocenters. The van der Waals surface area contributed by atoms with Crippen molar-refractivity contribution < 1.29 is 23.0 Å². The highest BCUT2D eigenvalue weighted by Crippen LogP contribution is 2.52. The van der Waals surface area contributed by atoms with Crippen molar-refractivity contribution in [2.45, 2.75) is 103 Å². The zero-order valence-electron chi connectivity index (χ0n) is 20.3. The van der Waals surface area contributed by atoms with Crippen molar-refractivity contribution in [2.24, 2.45) is 23.7 Å². The van der Waals surface area contributed by atoms with Crippen molar-refractivity contribution in [1.82, 2.24) is 0 Å². The van der Waals surface area contributed by atoms with Crippen molar-refractivity contribution >= 4 is 5.97 Å². The second kappa shape index (κ2) is 11.2. The summed E-state index contributed by atoms with van der Waals surface area (Å²) in [7, 11) is 0. The summed E-state index contributed by atoms with van der Waals surface area (Å²) in [6.07, 6.45) is 11.6. The lowest BCUT2D eigenvalue weighted by Crippen LogP contribution is -2.29. The van der Waals surface area contributed by atoms with Crippen LogP contribution in [0.5, 0.6) is 5.75 Å². The zero-order chi connectivity index (χ0) is 23.4. The molecular weight excluding hydrogens is 422 g/mol. The average molecular weight is 463 g/mol. The summed E-state index contributed by atoms with van der Waals surface area (Å²) in [5, 5.41) is 0. The molecule has 0 heterocycles. The van der Waals surface area contributed by atoms with Gasteiger partial charge in [-0.1, -0.05) is 39.2 Å². The Kier molecular flexibility index (Phi) is 8.29. The minimum Gasteiger partial charge on any atom is -0.490 e. The monoisotopic (exact) mass is 462 g/mol. The van der Waals surface area contributed by atoms with Gasteiger partial charge in [0.25, 0.3) is 0 Å². The molecule has 0 spiro atoms. The number of benzene rings is 1. The van der Waals surface area contributed by atoms with Gasteiger partial charge in [0.15, 0.2) is 11.6 Å². The third-order valence-corrected chi connectivity index (χ3v) is 8.55. The Morgan fingerprint density at radius 3 is 2.39 bits per heavy atom. The van der Waals surface area contributed by atoms with E-state index in [1.54, 1.807) is 12.1 Å². The third-order valence-electron chi connectivity index (χ3n) is 8.55. The molecule has 0 aromatic heterocycles. The van der Waals surface area contributed by atoms with Crippen LogP contribution in [0.25, 0.3) is 0 Å². The van der Waals surface area contributed by atoms with Gasteiger partial charge in [-0.05, 0) is 93.1 Å². The van der Waals surface area contributed by atoms with Crippen LogP contribution in [-0.2, 0) is 9.53 Å². The predicted molar refractivity (Wildman–Crippen MR) is 125 cm³/mol. The first-order valence-electron chi connectivity index (χ1n) is 13.3. The average Bonchev–Trinajstić information content (AvgIpc) is 3.41. The maximum atomic E-state index is 14.7. The largest absolute Gasteiger partial charge is 0.490 e. The quantitative estimate of drug-likeness (QED) is 0.280. The fourth-order valence-electron chi connectivity index (χ4n) is 6.78. The molecule has 3 nitrogen and oxygen atoms in total. The molecule has 184 valence electrons. The van der Waals surface area contributed by atoms with Crippen molar-refractivity contribution in [3.05, 3.63) is 29.3 Å². The van der Waals surface area contributed by atoms with Gasteiger partial charge in [-0.2, -0.15) is 4.39 Å². The number of carbonyl (C=O) groups is 1. The van der Waals surface area contributed by atoms with E-state index < -0.39 is 11.6 Å². The highest BCUT2D eigenvalue weighted by atomic mass is 19.2. The second-order valence-electron chi connectivity index (χ2n) is 10.5. The topological polar surface area (TPSA) is 35.5 Å². The van der Waals surface area contributed by atoms with E-state index in [0.717, 1.165) is 25.2 Å². The Morgan fingerprint density at radius 2 is 1.67 bits per heavy atom. The van der Waals surface area contributed by atoms with Crippen LogP contribution in [0, 0.1) is 35.3 Å². The first kappa shape index (κ1) is 24.5. The van der Waals surface area contributed by atoms with Crippen molar-refractivity contribution in [3.8, 4) is 5.75 Å². The molecule has 0 radical (unpaired) electrons. The molecule has 0 bridgehead atoms. The maximum absolute atomic E-state index is 14.7. The molecule has 1 aromatic carbocycles. The number of halogens is 2. The molecule has 3 aliphatic rings. The number of hydrogen-bond acceptors (Lipinski definition) is 3. The zero-order valence-corrected chi connectivity index (χ0v) is 20.3. The highest BCUT2D eigenvalue weighted by Gasteiger charge is 2.47. The molecule has 4 atom stereocenters. The molecule has 0 N–H and O–H groups in total. The highest BCUT2D eigenvalue weighted by molar-refractivity contribution is 5.73. The number of ether oxygens (including phenoxy) is 2. The summed E-state index contributed by atoms with van der Waals surface area (Å²) < 4.78 is 40.6. The van der Waals surface area contributed by atoms with Gasteiger partial charge in [-0.25, -0.2) is 4.39 Å². The second-order valence-corrected chi connectivity index (χ2v) is 10.5. The standard InChI is InChI=1S/C28H40F2O3/c1-3-5-17-32-25-16-15-22(26(29)27(25)30)19-7-10-20(11-8-19)33-28(31)24-14-13-21-18(6-4-2)9-12-23(21)24/h15-16,18-21,23-24H,3-14,17H2,1-2H3. The molecule has 3 saturated carbocycles. The van der Waals surface area contributed by atoms with E-state index in [2.05, 4.69) is 6.92 Å². The molecule has 5 heteroatoms. The van der Waals surface area contributed by atoms with E-state index >= 15 is 0 Å². The van der Waals surface area contributed by atoms with Gasteiger partial charge in [0.2, 0.25) is 5.82 Å². The van der Waals surface area contributed by atoms with Crippen molar-refractivity contribution in [1.29, 1.82) is 0 Å². The lowest BCUT2D eigenvalue weighted by atomic mass is 9.82. The Morgan fingerprint density at radius 1 is 0.909 bits per heavy atom. The van der Waals surface area contributed by atoms with Crippen LogP contribution in [0.2, 0.25) is 0 Å². The summed E-state index contributed by atoms with van der Waals surface area (Å²) in [4.78, 5) is 13.0. The SMILES string of the molecule is CCCCOc1ccc(C2CCC(OC(=O)C3CCC4C(CCC)CCC34)CC2)c(F)c1F. The minimum absolute atomic E-state index is 0.00438. The van der Waals surface area contributed by atoms with E-state index in [4.69, 9.17) is 9.47 Å². The normalized spacial score (nSPS) is 31.4. The fourth-order valence-corrected chi connectivity index (χ4v) is 6.78. The molecule has 4 rings (SSSR count). The fraction of sp³-hybridized carbons (Fsp3) is 0.750. The molecule has 0 saturated heterocycles. The van der Waals surface area contributed by atoms with E-state index in [1.807, 2.05) is 6.92 Å². The van der Waals surface area contributed by atoms with Crippen molar-refractivity contribution in [3.63, 3.8) is 0 Å². The number of esters is 1. The summed E-state index contributed by atoms with van der Waals surface area (Å²) in [5.41, 5.74) is 0.423. The molecular formula is C28H40F2O3. The number of fused-ring (bicyclic) bond motifs is 1. The van der Waals surface area contributed by atoms with Crippen LogP contribution >= 0.6 is 0 Å². The van der Waals surface area contributed by atoms with E-state index in [1.165, 1.54) is 32.1 Å². The Labute approximate surface area is 197 Å². The Balaban J connectivity index is 1.28. The summed E-state index contributed by atoms with van der Waals surface area (Å²) in [5.74, 6) is 0.373. The van der Waals surface area contributed by atoms with Crippen molar-refractivity contribution in [2.75, 3.05) is 6.61 Å². The van der Waals surface area contributed by atoms with Crippen LogP contribution in [0.15, 0.2) is 12.1 Å². The molecule has 3 fully saturated rings. The third kappa shape index (κ3) is 5.38. The first-order valence-corrected chi connectivity index (χ1v) is 13.3. The van der Waals surface area contributed by atoms with Gasteiger partial charge in [0.1, 0.15) is 6.10 Å². The van der Waals surface area contributed by atoms with Crippen LogP contribution in [-0.4, -0.2) is 18.7 Å². The molecule has 0 amide bonds. The summed E-state index contributed by atoms with van der Waals surface area (Å²) >= 11 is 0. The minimum atomic E-state index is -0.883. The van der Waals surface area contributed by atoms with Gasteiger partial charge in [0, 0.05) is 0 Å². The van der Waals surface area contributed by atoms with E-state index in [-0.39, 0.29) is 29.7 Å². The van der Waals surface area contributed by atoms with Crippen LogP contribution in [0.3, 0.4) is 0 Å². The van der Waals surface area contributed by atoms with Crippen LogP contribution < -0.4 is 4.74 Å². The predicted octanol–water partition coefficient (Wildman–Crippen LogP) is 7.57. The lowest BCUT2D eigenvalue weighted by Gasteiger charge is -2.30. The van der Waals surface area contributed by atoms with Gasteiger partial charge in [0.05, 0.1) is 12.5 Å². The summed E-state index contributed by atoms with van der Waals surface area (Å²) in [6, 6.07) is 3.22. The van der Waals surface area contributed by atoms with E-state index in [9.17, 15) is 13.6 Å². The number of rotatable bonds is 9. The number of hydrogen-bond donors (Lipinski definition) is 0. The van der Waals surface area contributed by atoms with Gasteiger partial charge in [-0.15, -0.1) is 0 Å². The van der Waals surface area contributed by atoms with Gasteiger partial charge >= 0.3 is 5.97 Å². The summed E-state index contributed by atoms with van der Waals surface area (Å²) in [6.45, 7) is 4.67. The smallest absolute Gasteiger partial charge is 0.309 e. The Bertz CT molecular complexity index is 803. The molecule has 1 aromatic rings. The molecule has 33 heavy (non-hydrogen) atoms. The maximum Gasteiger partial charge on any atom is 0.309 e. The first-order chi connectivity index (χ1) is 16.0. The lowest BCUT2D eigenvalue weighted by molar-refractivity contribution is -0.157. The van der Waals surface area contributed by atoms with Crippen LogP contribution in [0.1, 0.15) is 102 Å². The van der Waals surface area contributed by atoms with E-state index in [0.29, 0.717) is 49.7 Å². The number of carbonyl (C=O) groups excluding carboxylic acids is 1. The Hall–Kier alpha value is -1.65. The van der Waals surface area contributed by atoms with Crippen LogP contribution in [0.4, 0.5) is 8.78 Å². The van der Waals surface area contributed by atoms with Gasteiger partial charge < -0.3 is 9.47 Å². The molecule has 3 aliphatic carbocycles.